The first kappa shape index (κ1) is 37.1. The third-order valence-corrected chi connectivity index (χ3v) is 14.8. The molecule has 49 heavy (non-hydrogen) atoms. The van der Waals surface area contributed by atoms with E-state index in [0.717, 1.165) is 29.6 Å². The molecule has 0 bridgehead atoms. The van der Waals surface area contributed by atoms with Gasteiger partial charge >= 0.3 is 0 Å². The highest BCUT2D eigenvalue weighted by Gasteiger charge is 2.57. The van der Waals surface area contributed by atoms with Crippen LogP contribution in [0.5, 0.6) is 0 Å². The zero-order valence-electron chi connectivity index (χ0n) is 33.7. The van der Waals surface area contributed by atoms with E-state index in [0.29, 0.717) is 41.6 Å². The molecule has 0 aromatic heterocycles. The molecule has 2 heteroatoms. The summed E-state index contributed by atoms with van der Waals surface area (Å²) in [6.07, 6.45) is 8.50. The van der Waals surface area contributed by atoms with E-state index in [-0.39, 0.29) is 22.3 Å². The van der Waals surface area contributed by atoms with Crippen molar-refractivity contribution in [3.63, 3.8) is 0 Å². The highest BCUT2D eigenvalue weighted by Crippen LogP contribution is 2.63. The van der Waals surface area contributed by atoms with Crippen LogP contribution in [0.2, 0.25) is 0 Å². The molecule has 0 spiro atoms. The lowest BCUT2D eigenvalue weighted by Crippen LogP contribution is -2.48. The van der Waals surface area contributed by atoms with Gasteiger partial charge < -0.3 is 9.47 Å². The van der Waals surface area contributed by atoms with E-state index in [2.05, 4.69) is 125 Å². The maximum absolute atomic E-state index is 6.52. The third-order valence-electron chi connectivity index (χ3n) is 14.8. The van der Waals surface area contributed by atoms with Crippen molar-refractivity contribution in [3.05, 3.63) is 70.8 Å². The maximum atomic E-state index is 6.52. The van der Waals surface area contributed by atoms with Crippen LogP contribution in [-0.4, -0.2) is 26.4 Å². The number of hydrogen-bond donors (Lipinski definition) is 0. The Kier molecular flexibility index (Phi) is 10.4. The molecule has 0 heterocycles. The second-order valence-electron chi connectivity index (χ2n) is 20.7. The number of fused-ring (bicyclic) bond motifs is 2. The van der Waals surface area contributed by atoms with Crippen molar-refractivity contribution in [2.75, 3.05) is 14.2 Å². The standard InChI is InChI=1S/C47H72O2/c1-28-21-39-37(27-40(47(9,10)11)44(49-13)42(39)30-17-15-14-16-18-30)35(28)26-36-29(2)22-38-34(19-20-41(48-12)43(36)38)31-23-32(45(3,4)5)25-33(24-31)46(6,7)8/h14-18,23-25,28-29,34-44H,19-22,26-27H2,1-13H3. The molecule has 272 valence electrons. The molecule has 0 radical (unpaired) electrons. The summed E-state index contributed by atoms with van der Waals surface area (Å²) < 4.78 is 13.0. The van der Waals surface area contributed by atoms with E-state index in [4.69, 9.17) is 9.47 Å². The molecule has 0 saturated heterocycles. The average Bonchev–Trinajstić information content (AvgIpc) is 3.53. The van der Waals surface area contributed by atoms with Crippen molar-refractivity contribution >= 4 is 0 Å². The molecule has 4 saturated carbocycles. The van der Waals surface area contributed by atoms with E-state index in [1.165, 1.54) is 55.2 Å². The SMILES string of the molecule is COC1CCC(c2cc(C(C)(C)C)cc(C(C)(C)C)c2)C2CC(C)C(CC3C(C)CC4C3CC(C(C)(C)C)C(OC)C4c3ccccc3)C12. The second-order valence-corrected chi connectivity index (χ2v) is 20.7. The number of rotatable bonds is 6. The quantitative estimate of drug-likeness (QED) is 0.305. The lowest BCUT2D eigenvalue weighted by molar-refractivity contribution is -0.0773. The lowest BCUT2D eigenvalue weighted by atomic mass is 9.57. The predicted octanol–water partition coefficient (Wildman–Crippen LogP) is 12.2. The Morgan fingerprint density at radius 1 is 0.633 bits per heavy atom. The average molecular weight is 669 g/mol. The first-order valence-electron chi connectivity index (χ1n) is 20.2. The van der Waals surface area contributed by atoms with E-state index >= 15 is 0 Å². The van der Waals surface area contributed by atoms with Crippen LogP contribution in [0, 0.1) is 58.7 Å². The molecular formula is C47H72O2. The van der Waals surface area contributed by atoms with Gasteiger partial charge in [0.15, 0.2) is 0 Å². The van der Waals surface area contributed by atoms with E-state index in [1.54, 1.807) is 5.56 Å². The van der Waals surface area contributed by atoms with Crippen molar-refractivity contribution < 1.29 is 9.47 Å². The topological polar surface area (TPSA) is 18.5 Å². The van der Waals surface area contributed by atoms with Crippen LogP contribution in [0.1, 0.15) is 149 Å². The van der Waals surface area contributed by atoms with Gasteiger partial charge in [-0.15, -0.1) is 0 Å². The van der Waals surface area contributed by atoms with Gasteiger partial charge in [-0.2, -0.15) is 0 Å². The van der Waals surface area contributed by atoms with Crippen LogP contribution in [-0.2, 0) is 20.3 Å². The summed E-state index contributed by atoms with van der Waals surface area (Å²) in [5.74, 6) is 7.50. The Balaban J connectivity index is 1.33. The molecule has 2 aromatic carbocycles. The Labute approximate surface area is 301 Å². The highest BCUT2D eigenvalue weighted by atomic mass is 16.5. The van der Waals surface area contributed by atoms with Crippen molar-refractivity contribution in [1.29, 1.82) is 0 Å². The smallest absolute Gasteiger partial charge is 0.0675 e. The number of methoxy groups -OCH3 is 2. The van der Waals surface area contributed by atoms with Crippen LogP contribution in [0.4, 0.5) is 0 Å². The summed E-state index contributed by atoms with van der Waals surface area (Å²) in [4.78, 5) is 0. The molecule has 4 aliphatic rings. The van der Waals surface area contributed by atoms with Gasteiger partial charge in [-0.3, -0.25) is 0 Å². The summed E-state index contributed by atoms with van der Waals surface area (Å²) in [5, 5.41) is 0. The van der Waals surface area contributed by atoms with Crippen molar-refractivity contribution in [3.8, 4) is 0 Å². The summed E-state index contributed by atoms with van der Waals surface area (Å²) in [5.41, 5.74) is 6.62. The van der Waals surface area contributed by atoms with Gasteiger partial charge in [0.1, 0.15) is 0 Å². The van der Waals surface area contributed by atoms with Gasteiger partial charge in [0.2, 0.25) is 0 Å². The van der Waals surface area contributed by atoms with Gasteiger partial charge in [0.05, 0.1) is 12.2 Å². The summed E-state index contributed by atoms with van der Waals surface area (Å²) in [7, 11) is 4.00. The lowest BCUT2D eigenvalue weighted by Gasteiger charge is -2.51. The molecule has 4 aliphatic carbocycles. The van der Waals surface area contributed by atoms with Gasteiger partial charge in [0.25, 0.3) is 0 Å². The Morgan fingerprint density at radius 3 is 1.78 bits per heavy atom. The molecule has 13 unspecified atom stereocenters. The monoisotopic (exact) mass is 669 g/mol. The Bertz CT molecular complexity index is 1370. The normalized spacial score (nSPS) is 38.3. The van der Waals surface area contributed by atoms with E-state index < -0.39 is 0 Å². The van der Waals surface area contributed by atoms with Crippen LogP contribution in [0.3, 0.4) is 0 Å². The van der Waals surface area contributed by atoms with E-state index in [1.807, 2.05) is 14.2 Å². The number of hydrogen-bond acceptors (Lipinski definition) is 2. The molecule has 0 N–H and O–H groups in total. The predicted molar refractivity (Wildman–Crippen MR) is 207 cm³/mol. The first-order valence-corrected chi connectivity index (χ1v) is 20.2. The number of ether oxygens (including phenoxy) is 2. The van der Waals surface area contributed by atoms with Gasteiger partial charge in [0, 0.05) is 20.1 Å². The van der Waals surface area contributed by atoms with Crippen molar-refractivity contribution in [2.24, 2.45) is 58.7 Å². The van der Waals surface area contributed by atoms with Gasteiger partial charge in [-0.05, 0) is 136 Å². The molecule has 2 aromatic rings. The second kappa shape index (κ2) is 13.7. The van der Waals surface area contributed by atoms with Crippen LogP contribution >= 0.6 is 0 Å². The molecule has 0 amide bonds. The van der Waals surface area contributed by atoms with Crippen molar-refractivity contribution in [2.45, 2.75) is 150 Å². The van der Waals surface area contributed by atoms with Crippen molar-refractivity contribution in [1.82, 2.24) is 0 Å². The molecule has 0 aliphatic heterocycles. The molecular weight excluding hydrogens is 597 g/mol. The van der Waals surface area contributed by atoms with Crippen LogP contribution in [0.15, 0.2) is 48.5 Å². The minimum absolute atomic E-state index is 0.143. The van der Waals surface area contributed by atoms with E-state index in [9.17, 15) is 0 Å². The first-order chi connectivity index (χ1) is 22.9. The fourth-order valence-corrected chi connectivity index (χ4v) is 12.2. The maximum Gasteiger partial charge on any atom is 0.0675 e. The van der Waals surface area contributed by atoms with Crippen LogP contribution < -0.4 is 0 Å². The highest BCUT2D eigenvalue weighted by molar-refractivity contribution is 5.39. The zero-order chi connectivity index (χ0) is 35.6. The summed E-state index contributed by atoms with van der Waals surface area (Å²) in [6.45, 7) is 27.0. The Morgan fingerprint density at radius 2 is 1.22 bits per heavy atom. The molecule has 6 rings (SSSR count). The minimum atomic E-state index is 0.143. The minimum Gasteiger partial charge on any atom is -0.381 e. The van der Waals surface area contributed by atoms with Gasteiger partial charge in [-0.25, -0.2) is 0 Å². The Hall–Kier alpha value is -1.64. The summed E-state index contributed by atoms with van der Waals surface area (Å²) >= 11 is 0. The fourth-order valence-electron chi connectivity index (χ4n) is 12.2. The fraction of sp³-hybridized carbons (Fsp3) is 0.745. The molecule has 2 nitrogen and oxygen atoms in total. The van der Waals surface area contributed by atoms with Crippen LogP contribution in [0.25, 0.3) is 0 Å². The third kappa shape index (κ3) is 7.10. The number of benzene rings is 2. The largest absolute Gasteiger partial charge is 0.381 e. The molecule has 13 atom stereocenters. The summed E-state index contributed by atoms with van der Waals surface area (Å²) in [6, 6.07) is 19.2. The molecule has 4 fully saturated rings. The zero-order valence-corrected chi connectivity index (χ0v) is 33.7. The van der Waals surface area contributed by atoms with Gasteiger partial charge in [-0.1, -0.05) is 125 Å².